The summed E-state index contributed by atoms with van der Waals surface area (Å²) in [5.74, 6) is 1.87. The zero-order chi connectivity index (χ0) is 27.1. The molecule has 2 amide bonds. The summed E-state index contributed by atoms with van der Waals surface area (Å²) in [6.07, 6.45) is 4.34. The van der Waals surface area contributed by atoms with Gasteiger partial charge in [-0.2, -0.15) is 5.10 Å². The largest absolute Gasteiger partial charge is 0.469 e. The lowest BCUT2D eigenvalue weighted by atomic mass is 10.2. The molecule has 0 aliphatic carbocycles. The molecule has 0 atom stereocenters. The fraction of sp³-hybridized carbons (Fsp3) is 0.107. The van der Waals surface area contributed by atoms with Gasteiger partial charge >= 0.3 is 6.03 Å². The van der Waals surface area contributed by atoms with E-state index in [0.717, 1.165) is 22.6 Å². The molecule has 2 aromatic carbocycles. The van der Waals surface area contributed by atoms with Gasteiger partial charge in [-0.3, -0.25) is 5.32 Å². The van der Waals surface area contributed by atoms with Crippen molar-refractivity contribution in [1.29, 1.82) is 0 Å². The first-order valence-electron chi connectivity index (χ1n) is 11.7. The normalized spacial score (nSPS) is 11.5. The van der Waals surface area contributed by atoms with E-state index >= 15 is 0 Å². The Morgan fingerprint density at radius 2 is 1.97 bits per heavy atom. The van der Waals surface area contributed by atoms with E-state index < -0.39 is 6.03 Å². The van der Waals surface area contributed by atoms with Gasteiger partial charge in [-0.15, -0.1) is 0 Å². The molecule has 4 N–H and O–H groups in total. The van der Waals surface area contributed by atoms with E-state index in [1.807, 2.05) is 56.3 Å². The molecule has 4 rings (SSSR count). The van der Waals surface area contributed by atoms with Gasteiger partial charge in [-0.1, -0.05) is 54.1 Å². The van der Waals surface area contributed by atoms with Crippen LogP contribution in [0.5, 0.6) is 5.75 Å². The molecule has 0 unspecified atom stereocenters. The van der Waals surface area contributed by atoms with E-state index in [0.29, 0.717) is 22.8 Å². The third kappa shape index (κ3) is 6.51. The van der Waals surface area contributed by atoms with Gasteiger partial charge in [0.05, 0.1) is 17.6 Å². The van der Waals surface area contributed by atoms with Crippen LogP contribution in [-0.4, -0.2) is 21.7 Å². The van der Waals surface area contributed by atoms with Gasteiger partial charge in [0, 0.05) is 29.8 Å². The number of ether oxygens (including phenoxy) is 1. The molecule has 0 spiro atoms. The molecule has 194 valence electrons. The van der Waals surface area contributed by atoms with Crippen LogP contribution in [0.1, 0.15) is 16.9 Å². The molecular formula is C28H27ClN6O3. The van der Waals surface area contributed by atoms with Crippen LogP contribution in [0.15, 0.2) is 100 Å². The minimum Gasteiger partial charge on any atom is -0.469 e. The van der Waals surface area contributed by atoms with E-state index in [-0.39, 0.29) is 17.6 Å². The van der Waals surface area contributed by atoms with Gasteiger partial charge in [-0.05, 0) is 44.3 Å². The third-order valence-corrected chi connectivity index (χ3v) is 5.55. The number of carbonyl (C=O) groups excluding carboxylic acids is 1. The molecule has 38 heavy (non-hydrogen) atoms. The fourth-order valence-corrected chi connectivity index (χ4v) is 3.71. The number of carbonyl (C=O) groups is 1. The molecule has 0 saturated carbocycles. The summed E-state index contributed by atoms with van der Waals surface area (Å²) in [7, 11) is 0. The number of para-hydroxylation sites is 1. The maximum Gasteiger partial charge on any atom is 0.320 e. The maximum atomic E-state index is 13.0. The number of rotatable bonds is 8. The van der Waals surface area contributed by atoms with Crippen molar-refractivity contribution in [3.05, 3.63) is 108 Å². The molecular weight excluding hydrogens is 504 g/mol. The second-order valence-corrected chi connectivity index (χ2v) is 8.69. The number of benzene rings is 2. The number of halogens is 1. The number of nitrogens with zero attached hydrogens (tertiary/aromatic N) is 3. The first kappa shape index (κ1) is 26.3. The number of amides is 2. The highest BCUT2D eigenvalue weighted by Crippen LogP contribution is 2.28. The molecule has 0 aliphatic rings. The van der Waals surface area contributed by atoms with E-state index in [4.69, 9.17) is 31.6 Å². The maximum absolute atomic E-state index is 13.0. The van der Waals surface area contributed by atoms with Gasteiger partial charge < -0.3 is 20.2 Å². The van der Waals surface area contributed by atoms with Crippen LogP contribution in [0.3, 0.4) is 0 Å². The smallest absolute Gasteiger partial charge is 0.320 e. The van der Waals surface area contributed by atoms with Gasteiger partial charge in [0.15, 0.2) is 0 Å². The molecule has 0 saturated heterocycles. The van der Waals surface area contributed by atoms with Crippen LogP contribution >= 0.6 is 11.6 Å². The third-order valence-electron chi connectivity index (χ3n) is 5.46. The van der Waals surface area contributed by atoms with Crippen LogP contribution in [0, 0.1) is 13.8 Å². The highest BCUT2D eigenvalue weighted by Gasteiger charge is 2.16. The van der Waals surface area contributed by atoms with E-state index in [2.05, 4.69) is 22.2 Å². The Hall–Kier alpha value is -4.76. The molecule has 0 aliphatic heterocycles. The van der Waals surface area contributed by atoms with Crippen molar-refractivity contribution < 1.29 is 13.9 Å². The van der Waals surface area contributed by atoms with Gasteiger partial charge in [0.2, 0.25) is 5.90 Å². The van der Waals surface area contributed by atoms with Crippen LogP contribution in [-0.2, 0) is 6.54 Å². The number of anilines is 1. The van der Waals surface area contributed by atoms with Crippen LogP contribution in [0.25, 0.3) is 16.9 Å². The number of aromatic nitrogens is 2. The van der Waals surface area contributed by atoms with E-state index in [9.17, 15) is 4.79 Å². The lowest BCUT2D eigenvalue weighted by Gasteiger charge is -2.13. The highest BCUT2D eigenvalue weighted by atomic mass is 35.5. The number of aryl methyl sites for hydroxylation is 2. The number of nitrogens with two attached hydrogens (primary N) is 1. The number of hydrogen-bond acceptors (Lipinski definition) is 6. The van der Waals surface area contributed by atoms with Crippen LogP contribution in [0.2, 0.25) is 0 Å². The number of nitrogens with one attached hydrogen (secondary N) is 2. The zero-order valence-corrected chi connectivity index (χ0v) is 21.7. The number of aliphatic imine (C=N–C) groups is 1. The predicted octanol–water partition coefficient (Wildman–Crippen LogP) is 6.03. The topological polar surface area (TPSA) is 120 Å². The first-order chi connectivity index (χ1) is 18.3. The van der Waals surface area contributed by atoms with Crippen molar-refractivity contribution in [1.82, 2.24) is 15.1 Å². The van der Waals surface area contributed by atoms with Gasteiger partial charge in [0.1, 0.15) is 22.5 Å². The van der Waals surface area contributed by atoms with Crippen molar-refractivity contribution in [2.24, 2.45) is 10.7 Å². The Labute approximate surface area is 225 Å². The Morgan fingerprint density at radius 1 is 1.21 bits per heavy atom. The fourth-order valence-electron chi connectivity index (χ4n) is 3.63. The Morgan fingerprint density at radius 3 is 2.66 bits per heavy atom. The SMILES string of the molecule is C=C(Cl)N=C(/C=C\N)Oc1ccccc1CNC(=O)Nc1cc(-c2ccoc2C)nn1-c1ccc(C)cc1. The lowest BCUT2D eigenvalue weighted by Crippen LogP contribution is -2.29. The lowest BCUT2D eigenvalue weighted by molar-refractivity contribution is 0.251. The molecule has 0 radical (unpaired) electrons. The molecule has 2 heterocycles. The highest BCUT2D eigenvalue weighted by molar-refractivity contribution is 6.29. The number of urea groups is 1. The van der Waals surface area contributed by atoms with E-state index in [1.54, 1.807) is 29.1 Å². The van der Waals surface area contributed by atoms with Crippen LogP contribution < -0.4 is 21.1 Å². The molecule has 2 aromatic heterocycles. The minimum atomic E-state index is -0.423. The van der Waals surface area contributed by atoms with E-state index in [1.165, 1.54) is 12.3 Å². The Kier molecular flexibility index (Phi) is 8.30. The van der Waals surface area contributed by atoms with Gasteiger partial charge in [-0.25, -0.2) is 14.5 Å². The van der Waals surface area contributed by atoms with Crippen molar-refractivity contribution >= 4 is 29.3 Å². The molecule has 4 aromatic rings. The summed E-state index contributed by atoms with van der Waals surface area (Å²) in [4.78, 5) is 17.0. The van der Waals surface area contributed by atoms with Crippen molar-refractivity contribution in [3.8, 4) is 22.7 Å². The Bertz CT molecular complexity index is 1500. The van der Waals surface area contributed by atoms with Crippen molar-refractivity contribution in [3.63, 3.8) is 0 Å². The van der Waals surface area contributed by atoms with Gasteiger partial charge in [0.25, 0.3) is 0 Å². The first-order valence-corrected chi connectivity index (χ1v) is 12.1. The quantitative estimate of drug-likeness (QED) is 0.146. The monoisotopic (exact) mass is 530 g/mol. The average molecular weight is 531 g/mol. The number of hydrogen-bond donors (Lipinski definition) is 3. The summed E-state index contributed by atoms with van der Waals surface area (Å²) < 4.78 is 13.0. The Balaban J connectivity index is 1.53. The summed E-state index contributed by atoms with van der Waals surface area (Å²) in [5, 5.41) is 10.5. The summed E-state index contributed by atoms with van der Waals surface area (Å²) >= 11 is 5.79. The summed E-state index contributed by atoms with van der Waals surface area (Å²) in [6.45, 7) is 7.59. The molecule has 9 nitrogen and oxygen atoms in total. The molecule has 10 heteroatoms. The zero-order valence-electron chi connectivity index (χ0n) is 20.9. The second kappa shape index (κ2) is 12.0. The predicted molar refractivity (Wildman–Crippen MR) is 149 cm³/mol. The standard InChI is InChI=1S/C28H27ClN6O3/c1-18-8-10-22(11-9-18)35-26(16-24(34-35)23-13-15-37-19(23)2)33-28(36)31-17-21-6-4-5-7-25(21)38-27(12-14-30)32-20(3)29/h4-16H,3,17,30H2,1-2H3,(H2,31,33,36)/b14-12-,32-27?. The second-order valence-electron chi connectivity index (χ2n) is 8.26. The molecule has 0 fully saturated rings. The van der Waals surface area contributed by atoms with Crippen LogP contribution in [0.4, 0.5) is 10.6 Å². The van der Waals surface area contributed by atoms with Crippen molar-refractivity contribution in [2.75, 3.05) is 5.32 Å². The van der Waals surface area contributed by atoms with Crippen molar-refractivity contribution in [2.45, 2.75) is 20.4 Å². The minimum absolute atomic E-state index is 0.0447. The summed E-state index contributed by atoms with van der Waals surface area (Å²) in [6, 6.07) is 18.3. The molecule has 0 bridgehead atoms. The summed E-state index contributed by atoms with van der Waals surface area (Å²) in [5.41, 5.74) is 9.62. The number of furan rings is 1. The average Bonchev–Trinajstić information content (AvgIpc) is 3.49.